The van der Waals surface area contributed by atoms with E-state index in [0.29, 0.717) is 65.4 Å². The quantitative estimate of drug-likeness (QED) is 0.230. The van der Waals surface area contributed by atoms with Crippen molar-refractivity contribution >= 4 is 6.03 Å². The van der Waals surface area contributed by atoms with Crippen molar-refractivity contribution in [3.05, 3.63) is 0 Å². The molecule has 0 bridgehead atoms. The number of nitrogens with one attached hydrogen (secondary N) is 2. The highest BCUT2D eigenvalue weighted by molar-refractivity contribution is 5.76. The number of carbonyl (C=O) groups is 1. The Morgan fingerprint density at radius 3 is 1.93 bits per heavy atom. The first-order valence-electron chi connectivity index (χ1n) is 10.0. The van der Waals surface area contributed by atoms with E-state index in [2.05, 4.69) is 16.7 Å². The smallest absolute Gasteiger partial charge is 0.320 e. The second kappa shape index (κ2) is 15.9. The fourth-order valence-corrected chi connectivity index (χ4v) is 3.04. The average molecular weight is 415 g/mol. The van der Waals surface area contributed by atoms with Crippen molar-refractivity contribution in [3.8, 4) is 24.3 Å². The molecule has 162 valence electrons. The van der Waals surface area contributed by atoms with Crippen molar-refractivity contribution in [2.24, 2.45) is 0 Å². The van der Waals surface area contributed by atoms with Crippen molar-refractivity contribution in [2.45, 2.75) is 0 Å². The van der Waals surface area contributed by atoms with Crippen LogP contribution in [0, 0.1) is 45.3 Å². The summed E-state index contributed by atoms with van der Waals surface area (Å²) in [5.41, 5.74) is 0. The molecule has 0 spiro atoms. The molecule has 0 saturated carbocycles. The molecule has 0 aromatic rings. The number of urea groups is 1. The third-order valence-electron chi connectivity index (χ3n) is 4.72. The second-order valence-electron chi connectivity index (χ2n) is 6.80. The maximum absolute atomic E-state index is 12.5. The fraction of sp³-hybridized carbons (Fsp3) is 0.737. The summed E-state index contributed by atoms with van der Waals surface area (Å²) in [5.74, 6) is 0. The van der Waals surface area contributed by atoms with E-state index >= 15 is 0 Å². The zero-order valence-electron chi connectivity index (χ0n) is 17.4. The van der Waals surface area contributed by atoms with Crippen molar-refractivity contribution in [3.63, 3.8) is 0 Å². The minimum atomic E-state index is 0.00639. The molecule has 0 aliphatic carbocycles. The number of hydrogen-bond donors (Lipinski definition) is 2. The summed E-state index contributed by atoms with van der Waals surface area (Å²) in [4.78, 5) is 19.8. The van der Waals surface area contributed by atoms with Crippen molar-refractivity contribution in [2.75, 3.05) is 91.6 Å². The molecule has 0 unspecified atom stereocenters. The molecule has 11 heteroatoms. The summed E-state index contributed by atoms with van der Waals surface area (Å²) in [6, 6.07) is 8.24. The van der Waals surface area contributed by atoms with Gasteiger partial charge in [0.15, 0.2) is 0 Å². The number of carbonyl (C=O) groups excluding carboxylic acids is 1. The zero-order valence-corrected chi connectivity index (χ0v) is 17.4. The van der Waals surface area contributed by atoms with E-state index in [0.717, 1.165) is 6.54 Å². The van der Waals surface area contributed by atoms with E-state index in [-0.39, 0.29) is 25.7 Å². The van der Waals surface area contributed by atoms with Gasteiger partial charge in [0.2, 0.25) is 0 Å². The summed E-state index contributed by atoms with van der Waals surface area (Å²) in [6.07, 6.45) is 0. The van der Waals surface area contributed by atoms with Crippen LogP contribution in [0.15, 0.2) is 0 Å². The molecule has 1 rings (SSSR count). The lowest BCUT2D eigenvalue weighted by Crippen LogP contribution is -2.42. The van der Waals surface area contributed by atoms with Crippen molar-refractivity contribution in [1.82, 2.24) is 30.2 Å². The molecule has 0 aromatic carbocycles. The monoisotopic (exact) mass is 414 g/mol. The highest BCUT2D eigenvalue weighted by atomic mass is 16.2. The van der Waals surface area contributed by atoms with Gasteiger partial charge in [-0.05, 0) is 0 Å². The molecule has 1 aliphatic heterocycles. The summed E-state index contributed by atoms with van der Waals surface area (Å²) >= 11 is 0. The van der Waals surface area contributed by atoms with Gasteiger partial charge in [-0.1, -0.05) is 0 Å². The molecule has 1 saturated heterocycles. The highest BCUT2D eigenvalue weighted by Crippen LogP contribution is 2.08. The first kappa shape index (κ1) is 25.1. The molecule has 0 atom stereocenters. The Bertz CT molecular complexity index is 655. The van der Waals surface area contributed by atoms with Crippen LogP contribution in [0.4, 0.5) is 4.79 Å². The predicted molar refractivity (Wildman–Crippen MR) is 110 cm³/mol. The summed E-state index contributed by atoms with van der Waals surface area (Å²) in [5, 5.41) is 41.4. The van der Waals surface area contributed by atoms with Crippen molar-refractivity contribution < 1.29 is 4.79 Å². The molecular weight excluding hydrogens is 384 g/mol. The molecule has 0 aromatic heterocycles. The number of amides is 2. The van der Waals surface area contributed by atoms with E-state index < -0.39 is 0 Å². The normalized spacial score (nSPS) is 13.3. The molecule has 2 amide bonds. The van der Waals surface area contributed by atoms with E-state index in [1.54, 1.807) is 9.80 Å². The van der Waals surface area contributed by atoms with Gasteiger partial charge >= 0.3 is 6.03 Å². The Hall–Kier alpha value is -2.93. The van der Waals surface area contributed by atoms with Crippen LogP contribution in [0.3, 0.4) is 0 Å². The van der Waals surface area contributed by atoms with E-state index in [4.69, 9.17) is 21.0 Å². The van der Waals surface area contributed by atoms with Crippen LogP contribution in [-0.2, 0) is 0 Å². The molecule has 30 heavy (non-hydrogen) atoms. The SMILES string of the molecule is N#CCNCCNCCN1CCN(CCN(CC#N)CCN(CC#N)CC#N)C1=O. The van der Waals surface area contributed by atoms with Gasteiger partial charge < -0.3 is 20.4 Å². The first-order chi connectivity index (χ1) is 14.7. The van der Waals surface area contributed by atoms with E-state index in [1.165, 1.54) is 0 Å². The van der Waals surface area contributed by atoms with Crippen LogP contribution in [0.1, 0.15) is 0 Å². The number of nitrogens with zero attached hydrogens (tertiary/aromatic N) is 8. The average Bonchev–Trinajstić information content (AvgIpc) is 3.09. The Morgan fingerprint density at radius 2 is 1.30 bits per heavy atom. The topological polar surface area (TPSA) is 149 Å². The maximum atomic E-state index is 12.5. The van der Waals surface area contributed by atoms with Crippen LogP contribution in [0.5, 0.6) is 0 Å². The third kappa shape index (κ3) is 10.0. The fourth-order valence-electron chi connectivity index (χ4n) is 3.04. The summed E-state index contributed by atoms with van der Waals surface area (Å²) in [6.45, 7) is 7.25. The highest BCUT2D eigenvalue weighted by Gasteiger charge is 2.27. The lowest BCUT2D eigenvalue weighted by atomic mass is 10.4. The minimum absolute atomic E-state index is 0.00639. The van der Waals surface area contributed by atoms with Gasteiger partial charge in [-0.3, -0.25) is 9.80 Å². The number of nitriles is 4. The Labute approximate surface area is 178 Å². The van der Waals surface area contributed by atoms with Gasteiger partial charge in [0.25, 0.3) is 0 Å². The van der Waals surface area contributed by atoms with Crippen LogP contribution in [0.25, 0.3) is 0 Å². The Morgan fingerprint density at radius 1 is 0.733 bits per heavy atom. The Balaban J connectivity index is 2.31. The molecule has 1 aliphatic rings. The van der Waals surface area contributed by atoms with Gasteiger partial charge in [-0.15, -0.1) is 0 Å². The number of hydrogen-bond acceptors (Lipinski definition) is 9. The second-order valence-corrected chi connectivity index (χ2v) is 6.80. The van der Waals surface area contributed by atoms with Crippen LogP contribution >= 0.6 is 0 Å². The molecule has 11 nitrogen and oxygen atoms in total. The number of rotatable bonds is 16. The summed E-state index contributed by atoms with van der Waals surface area (Å²) < 4.78 is 0. The lowest BCUT2D eigenvalue weighted by Gasteiger charge is -2.25. The van der Waals surface area contributed by atoms with Crippen molar-refractivity contribution in [1.29, 1.82) is 21.0 Å². The van der Waals surface area contributed by atoms with Crippen LogP contribution < -0.4 is 10.6 Å². The van der Waals surface area contributed by atoms with Gasteiger partial charge in [0.1, 0.15) is 0 Å². The van der Waals surface area contributed by atoms with Gasteiger partial charge in [0.05, 0.1) is 50.5 Å². The van der Waals surface area contributed by atoms with Crippen LogP contribution in [0.2, 0.25) is 0 Å². The first-order valence-corrected chi connectivity index (χ1v) is 10.0. The molecule has 0 radical (unpaired) electrons. The lowest BCUT2D eigenvalue weighted by molar-refractivity contribution is 0.181. The maximum Gasteiger partial charge on any atom is 0.320 e. The van der Waals surface area contributed by atoms with Crippen LogP contribution in [-0.4, -0.2) is 117 Å². The minimum Gasteiger partial charge on any atom is -0.322 e. The molecule has 2 N–H and O–H groups in total. The largest absolute Gasteiger partial charge is 0.322 e. The molecule has 1 fully saturated rings. The zero-order chi connectivity index (χ0) is 22.0. The van der Waals surface area contributed by atoms with Gasteiger partial charge in [-0.25, -0.2) is 4.79 Å². The summed E-state index contributed by atoms with van der Waals surface area (Å²) in [7, 11) is 0. The van der Waals surface area contributed by atoms with E-state index in [1.807, 2.05) is 28.0 Å². The third-order valence-corrected chi connectivity index (χ3v) is 4.72. The predicted octanol–water partition coefficient (Wildman–Crippen LogP) is -1.40. The molecule has 1 heterocycles. The molecular formula is C19H30N10O. The van der Waals surface area contributed by atoms with Gasteiger partial charge in [-0.2, -0.15) is 21.0 Å². The Kier molecular flexibility index (Phi) is 13.3. The van der Waals surface area contributed by atoms with E-state index in [9.17, 15) is 4.79 Å². The van der Waals surface area contributed by atoms with Gasteiger partial charge in [0, 0.05) is 65.4 Å². The standard InChI is InChI=1S/C19H30N10O/c20-1-5-24-6-7-25-8-12-28-17-18-29(19(28)30)16-15-27(11-4-23)14-13-26(9-2-21)10-3-22/h24-25H,5-18H2.